The van der Waals surface area contributed by atoms with Crippen LogP contribution in [0.5, 0.6) is 0 Å². The molecule has 0 atom stereocenters. The minimum Gasteiger partial charge on any atom is -0.309 e. The van der Waals surface area contributed by atoms with Gasteiger partial charge in [0.05, 0.1) is 33.1 Å². The second kappa shape index (κ2) is 7.25. The van der Waals surface area contributed by atoms with Crippen molar-refractivity contribution in [3.63, 3.8) is 0 Å². The van der Waals surface area contributed by atoms with Crippen LogP contribution < -0.4 is 0 Å². The van der Waals surface area contributed by atoms with E-state index in [-0.39, 0.29) is 0 Å². The Hall–Kier alpha value is -5.22. The van der Waals surface area contributed by atoms with Gasteiger partial charge < -0.3 is 4.57 Å². The van der Waals surface area contributed by atoms with Gasteiger partial charge in [-0.15, -0.1) is 0 Å². The van der Waals surface area contributed by atoms with Crippen LogP contribution in [0.15, 0.2) is 103 Å². The molecule has 4 aromatic heterocycles. The lowest BCUT2D eigenvalue weighted by atomic mass is 9.93. The van der Waals surface area contributed by atoms with Crippen LogP contribution >= 0.6 is 0 Å². The van der Waals surface area contributed by atoms with Crippen LogP contribution in [0, 0.1) is 0 Å². The van der Waals surface area contributed by atoms with Gasteiger partial charge in [0, 0.05) is 32.6 Å². The van der Waals surface area contributed by atoms with Gasteiger partial charge in [0.2, 0.25) is 0 Å². The topological polar surface area (TPSA) is 35.1 Å². The number of benzene rings is 5. The summed E-state index contributed by atoms with van der Waals surface area (Å²) in [4.78, 5) is 10.3. The average molecular weight is 511 g/mol. The van der Waals surface area contributed by atoms with Crippen LogP contribution in [-0.2, 0) is 6.42 Å². The standard InChI is InChI=1S/C36H22N4/c1-2-10-23-21(9-1)17-18-32-33(23)25-12-4-8-16-31(25)39(32)22-19-26-24-11-3-7-15-30(24)40-35(26)27(20-22)34-36(40)38-29-14-6-5-13-28(29)37-34/h1,3-9,11-20H,2,10H2. The summed E-state index contributed by atoms with van der Waals surface area (Å²) >= 11 is 0. The molecule has 9 aromatic rings. The molecule has 4 heteroatoms. The number of para-hydroxylation sites is 4. The van der Waals surface area contributed by atoms with Crippen LogP contribution in [0.3, 0.4) is 0 Å². The molecular weight excluding hydrogens is 488 g/mol. The van der Waals surface area contributed by atoms with E-state index in [9.17, 15) is 0 Å². The molecule has 0 saturated heterocycles. The third-order valence-corrected chi connectivity index (χ3v) is 8.87. The molecule has 5 aromatic carbocycles. The van der Waals surface area contributed by atoms with Crippen molar-refractivity contribution in [1.29, 1.82) is 0 Å². The predicted octanol–water partition coefficient (Wildman–Crippen LogP) is 8.84. The fraction of sp³-hybridized carbons (Fsp3) is 0.0556. The fourth-order valence-corrected chi connectivity index (χ4v) is 7.23. The van der Waals surface area contributed by atoms with Gasteiger partial charge in [0.1, 0.15) is 5.52 Å². The molecule has 1 aliphatic carbocycles. The third-order valence-electron chi connectivity index (χ3n) is 8.87. The van der Waals surface area contributed by atoms with E-state index in [2.05, 4.69) is 100.0 Å². The maximum atomic E-state index is 5.18. The Bertz CT molecular complexity index is 2540. The molecule has 0 unspecified atom stereocenters. The SMILES string of the molecule is C1=Cc2ccc3c(c2CC1)c1ccccc1n3-c1cc2c3ccccc3n3c4nc5ccccc5nc4c(c1)c23. The molecule has 0 saturated carbocycles. The summed E-state index contributed by atoms with van der Waals surface area (Å²) in [5.74, 6) is 0. The van der Waals surface area contributed by atoms with Crippen molar-refractivity contribution in [2.24, 2.45) is 0 Å². The first-order valence-corrected chi connectivity index (χ1v) is 13.9. The van der Waals surface area contributed by atoms with Crippen molar-refractivity contribution in [2.45, 2.75) is 12.8 Å². The average Bonchev–Trinajstić information content (AvgIpc) is 3.64. The lowest BCUT2D eigenvalue weighted by molar-refractivity contribution is 0.997. The molecule has 0 N–H and O–H groups in total. The van der Waals surface area contributed by atoms with E-state index in [0.717, 1.165) is 46.1 Å². The summed E-state index contributed by atoms with van der Waals surface area (Å²) < 4.78 is 4.77. The largest absolute Gasteiger partial charge is 0.309 e. The summed E-state index contributed by atoms with van der Waals surface area (Å²) in [6.45, 7) is 0. The third kappa shape index (κ3) is 2.47. The zero-order valence-corrected chi connectivity index (χ0v) is 21.6. The number of rotatable bonds is 1. The van der Waals surface area contributed by atoms with E-state index in [1.807, 2.05) is 18.2 Å². The number of hydrogen-bond donors (Lipinski definition) is 0. The molecule has 0 spiro atoms. The van der Waals surface area contributed by atoms with E-state index in [1.165, 1.54) is 54.7 Å². The second-order valence-electron chi connectivity index (χ2n) is 10.9. The summed E-state index contributed by atoms with van der Waals surface area (Å²) in [5, 5.41) is 6.31. The fourth-order valence-electron chi connectivity index (χ4n) is 7.23. The molecule has 10 rings (SSSR count). The molecule has 0 fully saturated rings. The first-order chi connectivity index (χ1) is 19.8. The minimum atomic E-state index is 0.917. The molecule has 186 valence electrons. The summed E-state index contributed by atoms with van der Waals surface area (Å²) in [5.41, 5.74) is 12.5. The molecule has 4 heterocycles. The Morgan fingerprint density at radius 1 is 0.625 bits per heavy atom. The molecule has 0 bridgehead atoms. The quantitative estimate of drug-likeness (QED) is 0.221. The van der Waals surface area contributed by atoms with Crippen LogP contribution in [0.1, 0.15) is 17.5 Å². The maximum absolute atomic E-state index is 5.18. The van der Waals surface area contributed by atoms with E-state index in [1.54, 1.807) is 0 Å². The Labute approximate surface area is 228 Å². The molecule has 1 aliphatic rings. The van der Waals surface area contributed by atoms with E-state index in [0.29, 0.717) is 0 Å². The Morgan fingerprint density at radius 2 is 1.38 bits per heavy atom. The van der Waals surface area contributed by atoms with Gasteiger partial charge in [-0.25, -0.2) is 9.97 Å². The van der Waals surface area contributed by atoms with Gasteiger partial charge in [0.15, 0.2) is 5.65 Å². The Kier molecular flexibility index (Phi) is 3.75. The van der Waals surface area contributed by atoms with Crippen molar-refractivity contribution >= 4 is 77.3 Å². The Morgan fingerprint density at radius 3 is 2.27 bits per heavy atom. The second-order valence-corrected chi connectivity index (χ2v) is 10.9. The van der Waals surface area contributed by atoms with Crippen molar-refractivity contribution in [3.05, 3.63) is 114 Å². The van der Waals surface area contributed by atoms with Crippen LogP contribution in [-0.4, -0.2) is 18.9 Å². The number of aromatic nitrogens is 4. The van der Waals surface area contributed by atoms with Crippen LogP contribution in [0.2, 0.25) is 0 Å². The molecule has 4 nitrogen and oxygen atoms in total. The molecular formula is C36H22N4. The van der Waals surface area contributed by atoms with E-state index >= 15 is 0 Å². The van der Waals surface area contributed by atoms with Crippen molar-refractivity contribution < 1.29 is 0 Å². The predicted molar refractivity (Wildman–Crippen MR) is 166 cm³/mol. The van der Waals surface area contributed by atoms with Gasteiger partial charge >= 0.3 is 0 Å². The van der Waals surface area contributed by atoms with Gasteiger partial charge in [-0.2, -0.15) is 0 Å². The zero-order valence-electron chi connectivity index (χ0n) is 21.6. The first kappa shape index (κ1) is 20.7. The zero-order chi connectivity index (χ0) is 25.9. The molecule has 40 heavy (non-hydrogen) atoms. The number of hydrogen-bond acceptors (Lipinski definition) is 2. The normalized spacial score (nSPS) is 13.7. The van der Waals surface area contributed by atoms with Gasteiger partial charge in [-0.3, -0.25) is 4.40 Å². The number of aryl methyl sites for hydroxylation is 1. The monoisotopic (exact) mass is 510 g/mol. The van der Waals surface area contributed by atoms with Gasteiger partial charge in [-0.05, 0) is 66.4 Å². The highest BCUT2D eigenvalue weighted by atomic mass is 15.0. The molecule has 0 radical (unpaired) electrons. The highest BCUT2D eigenvalue weighted by Gasteiger charge is 2.23. The molecule has 0 aliphatic heterocycles. The maximum Gasteiger partial charge on any atom is 0.165 e. The molecule has 0 amide bonds. The van der Waals surface area contributed by atoms with Crippen molar-refractivity contribution in [3.8, 4) is 5.69 Å². The minimum absolute atomic E-state index is 0.917. The highest BCUT2D eigenvalue weighted by molar-refractivity contribution is 6.23. The van der Waals surface area contributed by atoms with E-state index in [4.69, 9.17) is 9.97 Å². The van der Waals surface area contributed by atoms with Crippen molar-refractivity contribution in [2.75, 3.05) is 0 Å². The number of nitrogens with zero attached hydrogens (tertiary/aromatic N) is 4. The summed E-state index contributed by atoms with van der Waals surface area (Å²) in [6.07, 6.45) is 6.74. The summed E-state index contributed by atoms with van der Waals surface area (Å²) in [7, 11) is 0. The van der Waals surface area contributed by atoms with Gasteiger partial charge in [-0.1, -0.05) is 66.7 Å². The Balaban J connectivity index is 1.42. The smallest absolute Gasteiger partial charge is 0.165 e. The first-order valence-electron chi connectivity index (χ1n) is 13.9. The van der Waals surface area contributed by atoms with Gasteiger partial charge in [0.25, 0.3) is 0 Å². The number of allylic oxidation sites excluding steroid dienone is 1. The van der Waals surface area contributed by atoms with E-state index < -0.39 is 0 Å². The number of fused-ring (bicyclic) bond motifs is 12. The van der Waals surface area contributed by atoms with Crippen LogP contribution in [0.25, 0.3) is 83.0 Å². The van der Waals surface area contributed by atoms with Crippen molar-refractivity contribution in [1.82, 2.24) is 18.9 Å². The van der Waals surface area contributed by atoms with Crippen LogP contribution in [0.4, 0.5) is 0 Å². The lowest BCUT2D eigenvalue weighted by Crippen LogP contribution is -1.97. The highest BCUT2D eigenvalue weighted by Crippen LogP contribution is 2.42. The summed E-state index contributed by atoms with van der Waals surface area (Å²) in [6, 6.07) is 35.0. The lowest BCUT2D eigenvalue weighted by Gasteiger charge is -2.13.